The lowest BCUT2D eigenvalue weighted by atomic mass is 10.3. The van der Waals surface area contributed by atoms with E-state index in [9.17, 15) is 0 Å². The van der Waals surface area contributed by atoms with Gasteiger partial charge in [0.1, 0.15) is 5.82 Å². The van der Waals surface area contributed by atoms with Gasteiger partial charge in [0.15, 0.2) is 5.82 Å². The van der Waals surface area contributed by atoms with Crippen molar-refractivity contribution in [2.24, 2.45) is 0 Å². The number of aromatic nitrogens is 6. The fourth-order valence-electron chi connectivity index (χ4n) is 1.09. The molecular formula is C7H10N8. The maximum atomic E-state index is 5.44. The largest absolute Gasteiger partial charge is 0.368 e. The van der Waals surface area contributed by atoms with E-state index < -0.39 is 0 Å². The molecule has 4 N–H and O–H groups in total. The lowest BCUT2D eigenvalue weighted by molar-refractivity contribution is 0.787. The summed E-state index contributed by atoms with van der Waals surface area (Å²) in [6.45, 7) is 1.89. The highest BCUT2D eigenvalue weighted by atomic mass is 15.5. The number of nitrogens with two attached hydrogens (primary N) is 1. The highest BCUT2D eigenvalue weighted by Gasteiger charge is 2.10. The molecule has 0 saturated carbocycles. The summed E-state index contributed by atoms with van der Waals surface area (Å²) < 4.78 is 0. The molecule has 0 radical (unpaired) electrons. The Morgan fingerprint density at radius 1 is 1.53 bits per heavy atom. The lowest BCUT2D eigenvalue weighted by Crippen LogP contribution is -2.10. The van der Waals surface area contributed by atoms with Gasteiger partial charge >= 0.3 is 0 Å². The third kappa shape index (κ3) is 2.16. The van der Waals surface area contributed by atoms with E-state index in [2.05, 4.69) is 35.9 Å². The summed E-state index contributed by atoms with van der Waals surface area (Å²) in [6, 6.07) is 1.62. The van der Waals surface area contributed by atoms with Gasteiger partial charge < -0.3 is 11.1 Å². The number of aromatic amines is 1. The summed E-state index contributed by atoms with van der Waals surface area (Å²) >= 11 is 0. The summed E-state index contributed by atoms with van der Waals surface area (Å²) in [7, 11) is 0. The molecule has 2 rings (SSSR count). The molecule has 0 aromatic carbocycles. The molecule has 8 heteroatoms. The maximum Gasteiger partial charge on any atom is 0.221 e. The summed E-state index contributed by atoms with van der Waals surface area (Å²) in [5.41, 5.74) is 5.44. The number of anilines is 2. The van der Waals surface area contributed by atoms with Crippen molar-refractivity contribution in [3.63, 3.8) is 0 Å². The maximum absolute atomic E-state index is 5.44. The molecule has 8 nitrogen and oxygen atoms in total. The van der Waals surface area contributed by atoms with Gasteiger partial charge in [-0.05, 0) is 13.0 Å². The van der Waals surface area contributed by atoms with E-state index in [0.29, 0.717) is 11.6 Å². The first-order chi connectivity index (χ1) is 7.25. The number of tetrazole rings is 1. The number of H-pyrrole nitrogens is 1. The summed E-state index contributed by atoms with van der Waals surface area (Å²) in [5, 5.41) is 16.6. The first kappa shape index (κ1) is 9.31. The Morgan fingerprint density at radius 2 is 2.40 bits per heavy atom. The van der Waals surface area contributed by atoms with Gasteiger partial charge in [0.25, 0.3) is 0 Å². The number of rotatable bonds is 3. The third-order valence-corrected chi connectivity index (χ3v) is 1.79. The second-order valence-electron chi connectivity index (χ2n) is 2.94. The minimum Gasteiger partial charge on any atom is -0.368 e. The van der Waals surface area contributed by atoms with Crippen molar-refractivity contribution in [1.29, 1.82) is 0 Å². The van der Waals surface area contributed by atoms with Crippen LogP contribution in [0.15, 0.2) is 12.3 Å². The van der Waals surface area contributed by atoms with Gasteiger partial charge in [-0.3, -0.25) is 0 Å². The molecule has 1 atom stereocenters. The second kappa shape index (κ2) is 3.86. The van der Waals surface area contributed by atoms with E-state index in [0.717, 1.165) is 0 Å². The van der Waals surface area contributed by atoms with Crippen molar-refractivity contribution in [2.45, 2.75) is 13.0 Å². The molecule has 15 heavy (non-hydrogen) atoms. The lowest BCUT2D eigenvalue weighted by Gasteiger charge is -2.09. The Labute approximate surface area is 85.3 Å². The molecule has 2 heterocycles. The smallest absolute Gasteiger partial charge is 0.221 e. The van der Waals surface area contributed by atoms with Crippen molar-refractivity contribution < 1.29 is 0 Å². The second-order valence-corrected chi connectivity index (χ2v) is 2.94. The summed E-state index contributed by atoms with van der Waals surface area (Å²) in [5.74, 6) is 1.41. The van der Waals surface area contributed by atoms with E-state index in [1.165, 1.54) is 0 Å². The number of hydrogen-bond acceptors (Lipinski definition) is 7. The molecule has 2 aromatic heterocycles. The Hall–Kier alpha value is -2.25. The molecule has 78 valence electrons. The van der Waals surface area contributed by atoms with Crippen LogP contribution in [0, 0.1) is 0 Å². The Kier molecular flexibility index (Phi) is 2.40. The van der Waals surface area contributed by atoms with E-state index >= 15 is 0 Å². The van der Waals surface area contributed by atoms with Gasteiger partial charge in [-0.15, -0.1) is 10.2 Å². The first-order valence-electron chi connectivity index (χ1n) is 4.34. The zero-order valence-corrected chi connectivity index (χ0v) is 8.05. The van der Waals surface area contributed by atoms with Crippen LogP contribution < -0.4 is 11.1 Å². The number of hydrogen-bond donors (Lipinski definition) is 3. The SMILES string of the molecule is CC(Nc1ccnc(N)n1)c1nn[nH]n1. The molecule has 1 unspecified atom stereocenters. The molecule has 0 aliphatic carbocycles. The monoisotopic (exact) mass is 206 g/mol. The van der Waals surface area contributed by atoms with Crippen LogP contribution in [0.2, 0.25) is 0 Å². The minimum atomic E-state index is -0.0990. The molecule has 2 aromatic rings. The molecule has 0 aliphatic rings. The highest BCUT2D eigenvalue weighted by Crippen LogP contribution is 2.12. The Bertz CT molecular complexity index is 424. The van der Waals surface area contributed by atoms with Crippen LogP contribution in [0.3, 0.4) is 0 Å². The number of nitrogen functional groups attached to an aromatic ring is 1. The molecule has 0 bridgehead atoms. The molecule has 0 spiro atoms. The number of nitrogens with zero attached hydrogens (tertiary/aromatic N) is 5. The third-order valence-electron chi connectivity index (χ3n) is 1.79. The molecule has 0 amide bonds. The summed E-state index contributed by atoms with van der Waals surface area (Å²) in [6.07, 6.45) is 1.58. The fraction of sp³-hybridized carbons (Fsp3) is 0.286. The fourth-order valence-corrected chi connectivity index (χ4v) is 1.09. The molecular weight excluding hydrogens is 196 g/mol. The summed E-state index contributed by atoms with van der Waals surface area (Å²) in [4.78, 5) is 7.78. The standard InChI is InChI=1S/C7H10N8/c1-4(6-12-14-15-13-6)10-5-2-3-9-7(8)11-5/h2-4H,1H3,(H3,8,9,10,11)(H,12,13,14,15). The van der Waals surface area contributed by atoms with Crippen LogP contribution in [0.5, 0.6) is 0 Å². The highest BCUT2D eigenvalue weighted by molar-refractivity contribution is 5.38. The van der Waals surface area contributed by atoms with Gasteiger partial charge in [0, 0.05) is 6.20 Å². The normalized spacial score (nSPS) is 12.3. The van der Waals surface area contributed by atoms with Gasteiger partial charge in [-0.25, -0.2) is 4.98 Å². The van der Waals surface area contributed by atoms with E-state index in [-0.39, 0.29) is 12.0 Å². The average molecular weight is 206 g/mol. The van der Waals surface area contributed by atoms with Crippen molar-refractivity contribution in [3.05, 3.63) is 18.1 Å². The van der Waals surface area contributed by atoms with Crippen molar-refractivity contribution in [1.82, 2.24) is 30.6 Å². The van der Waals surface area contributed by atoms with Crippen molar-refractivity contribution >= 4 is 11.8 Å². The molecule has 0 aliphatic heterocycles. The van der Waals surface area contributed by atoms with E-state index in [4.69, 9.17) is 5.73 Å². The van der Waals surface area contributed by atoms with Gasteiger partial charge in [-0.2, -0.15) is 10.2 Å². The van der Waals surface area contributed by atoms with Crippen LogP contribution >= 0.6 is 0 Å². The van der Waals surface area contributed by atoms with Gasteiger partial charge in [0.05, 0.1) is 6.04 Å². The Morgan fingerprint density at radius 3 is 3.07 bits per heavy atom. The van der Waals surface area contributed by atoms with E-state index in [1.807, 2.05) is 6.92 Å². The first-order valence-corrected chi connectivity index (χ1v) is 4.34. The van der Waals surface area contributed by atoms with Gasteiger partial charge in [0.2, 0.25) is 5.95 Å². The van der Waals surface area contributed by atoms with Crippen LogP contribution in [0.4, 0.5) is 11.8 Å². The topological polar surface area (TPSA) is 118 Å². The zero-order chi connectivity index (χ0) is 10.7. The van der Waals surface area contributed by atoms with E-state index in [1.54, 1.807) is 12.3 Å². The quantitative estimate of drug-likeness (QED) is 0.633. The number of nitrogens with one attached hydrogen (secondary N) is 2. The van der Waals surface area contributed by atoms with Crippen molar-refractivity contribution in [2.75, 3.05) is 11.1 Å². The van der Waals surface area contributed by atoms with Crippen LogP contribution in [0.1, 0.15) is 18.8 Å². The van der Waals surface area contributed by atoms with Crippen molar-refractivity contribution in [3.8, 4) is 0 Å². The molecule has 0 fully saturated rings. The molecule has 0 saturated heterocycles. The minimum absolute atomic E-state index is 0.0990. The van der Waals surface area contributed by atoms with Crippen LogP contribution in [-0.2, 0) is 0 Å². The predicted octanol–water partition coefficient (Wildman–Crippen LogP) is -0.255. The average Bonchev–Trinajstić information content (AvgIpc) is 2.70. The Balaban J connectivity index is 2.09. The predicted molar refractivity (Wildman–Crippen MR) is 52.7 cm³/mol. The van der Waals surface area contributed by atoms with Crippen LogP contribution in [0.25, 0.3) is 0 Å². The van der Waals surface area contributed by atoms with Crippen LogP contribution in [-0.4, -0.2) is 30.6 Å². The van der Waals surface area contributed by atoms with Gasteiger partial charge in [-0.1, -0.05) is 5.21 Å². The zero-order valence-electron chi connectivity index (χ0n) is 8.05.